The van der Waals surface area contributed by atoms with Gasteiger partial charge in [0.05, 0.1) is 18.5 Å². The maximum atomic E-state index is 14.3. The maximum absolute atomic E-state index is 14.3. The van der Waals surface area contributed by atoms with Gasteiger partial charge in [-0.25, -0.2) is 8.78 Å². The third-order valence-electron chi connectivity index (χ3n) is 5.24. The summed E-state index contributed by atoms with van der Waals surface area (Å²) in [7, 11) is 0. The van der Waals surface area contributed by atoms with Crippen LogP contribution in [-0.2, 0) is 44.9 Å². The molecule has 7 nitrogen and oxygen atoms in total. The van der Waals surface area contributed by atoms with Crippen LogP contribution in [0.1, 0.15) is 44.5 Å². The van der Waals surface area contributed by atoms with E-state index in [9.17, 15) is 23.2 Å². The lowest BCUT2D eigenvalue weighted by Gasteiger charge is -2.22. The molecule has 0 atom stereocenters. The fourth-order valence-electron chi connectivity index (χ4n) is 3.87. The zero-order chi connectivity index (χ0) is 25.8. The molecule has 186 valence electrons. The molecule has 0 saturated carbocycles. The van der Waals surface area contributed by atoms with Gasteiger partial charge in [0.15, 0.2) is 11.6 Å². The van der Waals surface area contributed by atoms with Crippen molar-refractivity contribution in [3.8, 4) is 0 Å². The predicted octanol–water partition coefficient (Wildman–Crippen LogP) is 3.91. The van der Waals surface area contributed by atoms with Crippen molar-refractivity contribution >= 4 is 23.0 Å². The highest BCUT2D eigenvalue weighted by Gasteiger charge is 2.24. The van der Waals surface area contributed by atoms with Gasteiger partial charge in [-0.15, -0.1) is 0 Å². The van der Waals surface area contributed by atoms with Crippen LogP contribution in [0, 0.1) is 11.6 Å². The monoisotopic (exact) mass is 486 g/mol. The van der Waals surface area contributed by atoms with E-state index in [1.165, 1.54) is 18.3 Å². The van der Waals surface area contributed by atoms with Gasteiger partial charge in [0.25, 0.3) is 0 Å². The van der Waals surface area contributed by atoms with Crippen LogP contribution in [0.3, 0.4) is 0 Å². The van der Waals surface area contributed by atoms with E-state index in [4.69, 9.17) is 9.47 Å². The molecule has 0 radical (unpaired) electrons. The molecule has 0 amide bonds. The first kappa shape index (κ1) is 26.0. The van der Waals surface area contributed by atoms with Crippen molar-refractivity contribution in [2.75, 3.05) is 6.61 Å². The number of carbonyl (C=O) groups excluding carboxylic acids is 2. The molecule has 9 heteroatoms. The highest BCUT2D eigenvalue weighted by Crippen LogP contribution is 2.21. The van der Waals surface area contributed by atoms with Crippen LogP contribution in [0.25, 0.3) is 11.0 Å². The standard InChI is InChI=1S/C26H28F2N2O5/c1-5-34-22(32)15-30-19(12-11-16-8-6-9-18(27)23(16)28)17(14-21(31)35-26(2,3)4)25(33)24-20(30)10-7-13-29-24/h6-10,13H,5,11-12,14-15H2,1-4H3. The van der Waals surface area contributed by atoms with Gasteiger partial charge < -0.3 is 14.0 Å². The molecule has 3 rings (SSSR count). The van der Waals surface area contributed by atoms with Crippen LogP contribution in [0.15, 0.2) is 41.3 Å². The van der Waals surface area contributed by atoms with E-state index in [0.29, 0.717) is 11.2 Å². The molecule has 0 N–H and O–H groups in total. The Balaban J connectivity index is 2.18. The molecule has 1 aromatic carbocycles. The minimum absolute atomic E-state index is 0.0267. The summed E-state index contributed by atoms with van der Waals surface area (Å²) in [6.07, 6.45) is 1.15. The fraction of sp³-hybridized carbons (Fsp3) is 0.385. The zero-order valence-electron chi connectivity index (χ0n) is 20.2. The third-order valence-corrected chi connectivity index (χ3v) is 5.24. The molecular weight excluding hydrogens is 458 g/mol. The van der Waals surface area contributed by atoms with Crippen molar-refractivity contribution in [1.29, 1.82) is 0 Å². The summed E-state index contributed by atoms with van der Waals surface area (Å²) in [5.41, 5.74) is -0.286. The van der Waals surface area contributed by atoms with Crippen molar-refractivity contribution in [3.63, 3.8) is 0 Å². The highest BCUT2D eigenvalue weighted by atomic mass is 19.2. The first-order valence-corrected chi connectivity index (χ1v) is 11.3. The minimum atomic E-state index is -0.983. The van der Waals surface area contributed by atoms with Crippen molar-refractivity contribution < 1.29 is 27.8 Å². The Bertz CT molecular complexity index is 1310. The first-order valence-electron chi connectivity index (χ1n) is 11.3. The molecule has 2 aromatic heterocycles. The van der Waals surface area contributed by atoms with Crippen LogP contribution in [0.5, 0.6) is 0 Å². The molecular formula is C26H28F2N2O5. The smallest absolute Gasteiger partial charge is 0.325 e. The largest absolute Gasteiger partial charge is 0.465 e. The second-order valence-electron chi connectivity index (χ2n) is 8.99. The van der Waals surface area contributed by atoms with Gasteiger partial charge >= 0.3 is 11.9 Å². The number of nitrogens with zero attached hydrogens (tertiary/aromatic N) is 2. The Morgan fingerprint density at radius 2 is 1.80 bits per heavy atom. The topological polar surface area (TPSA) is 87.5 Å². The third kappa shape index (κ3) is 6.29. The van der Waals surface area contributed by atoms with Crippen molar-refractivity contribution in [3.05, 3.63) is 75.2 Å². The van der Waals surface area contributed by atoms with Gasteiger partial charge in [0, 0.05) is 17.5 Å². The summed E-state index contributed by atoms with van der Waals surface area (Å²) >= 11 is 0. The van der Waals surface area contributed by atoms with Gasteiger partial charge in [-0.1, -0.05) is 12.1 Å². The van der Waals surface area contributed by atoms with Gasteiger partial charge in [0.1, 0.15) is 17.7 Å². The quantitative estimate of drug-likeness (QED) is 0.449. The normalized spacial score (nSPS) is 11.5. The van der Waals surface area contributed by atoms with E-state index >= 15 is 0 Å². The molecule has 0 aliphatic rings. The summed E-state index contributed by atoms with van der Waals surface area (Å²) in [6, 6.07) is 7.11. The Hall–Kier alpha value is -3.62. The lowest BCUT2D eigenvalue weighted by atomic mass is 10.00. The number of esters is 2. The fourth-order valence-corrected chi connectivity index (χ4v) is 3.87. The number of hydrogen-bond donors (Lipinski definition) is 0. The molecule has 35 heavy (non-hydrogen) atoms. The number of aromatic nitrogens is 2. The SMILES string of the molecule is CCOC(=O)Cn1c(CCc2cccc(F)c2F)c(CC(=O)OC(C)(C)C)c(=O)c2ncccc21. The molecule has 0 bridgehead atoms. The van der Waals surface area contributed by atoms with E-state index in [2.05, 4.69) is 4.98 Å². The van der Waals surface area contributed by atoms with E-state index in [-0.39, 0.29) is 49.1 Å². The number of carbonyl (C=O) groups is 2. The average Bonchev–Trinajstić information content (AvgIpc) is 2.78. The molecule has 0 unspecified atom stereocenters. The van der Waals surface area contributed by atoms with Gasteiger partial charge in [-0.2, -0.15) is 0 Å². The maximum Gasteiger partial charge on any atom is 0.325 e. The van der Waals surface area contributed by atoms with Crippen LogP contribution in [0.2, 0.25) is 0 Å². The molecule has 0 saturated heterocycles. The second kappa shape index (κ2) is 10.8. The predicted molar refractivity (Wildman–Crippen MR) is 126 cm³/mol. The minimum Gasteiger partial charge on any atom is -0.465 e. The number of ether oxygens (including phenoxy) is 2. The zero-order valence-corrected chi connectivity index (χ0v) is 20.2. The van der Waals surface area contributed by atoms with Crippen molar-refractivity contribution in [1.82, 2.24) is 9.55 Å². The number of aryl methyl sites for hydroxylation is 1. The molecule has 0 fully saturated rings. The van der Waals surface area contributed by atoms with E-state index < -0.39 is 34.6 Å². The molecule has 3 aromatic rings. The Morgan fingerprint density at radius 1 is 1.06 bits per heavy atom. The van der Waals surface area contributed by atoms with Crippen molar-refractivity contribution in [2.24, 2.45) is 0 Å². The van der Waals surface area contributed by atoms with Crippen LogP contribution < -0.4 is 5.43 Å². The van der Waals surface area contributed by atoms with Crippen molar-refractivity contribution in [2.45, 2.75) is 59.1 Å². The number of rotatable bonds is 8. The van der Waals surface area contributed by atoms with Gasteiger partial charge in [-0.05, 0) is 64.3 Å². The van der Waals surface area contributed by atoms with E-state index in [1.54, 1.807) is 44.4 Å². The molecule has 2 heterocycles. The number of hydrogen-bond acceptors (Lipinski definition) is 6. The first-order chi connectivity index (χ1) is 16.5. The molecule has 0 aliphatic carbocycles. The lowest BCUT2D eigenvalue weighted by molar-refractivity contribution is -0.154. The van der Waals surface area contributed by atoms with Crippen LogP contribution >= 0.6 is 0 Å². The number of benzene rings is 1. The van der Waals surface area contributed by atoms with Gasteiger partial charge in [0.2, 0.25) is 5.43 Å². The number of pyridine rings is 2. The summed E-state index contributed by atoms with van der Waals surface area (Å²) < 4.78 is 40.2. The van der Waals surface area contributed by atoms with E-state index in [1.807, 2.05) is 0 Å². The average molecular weight is 487 g/mol. The van der Waals surface area contributed by atoms with Crippen LogP contribution in [-0.4, -0.2) is 33.7 Å². The summed E-state index contributed by atoms with van der Waals surface area (Å²) in [4.78, 5) is 42.7. The number of halogens is 2. The summed E-state index contributed by atoms with van der Waals surface area (Å²) in [5.74, 6) is -3.15. The lowest BCUT2D eigenvalue weighted by Crippen LogP contribution is -2.30. The van der Waals surface area contributed by atoms with E-state index in [0.717, 1.165) is 6.07 Å². The Morgan fingerprint density at radius 3 is 2.49 bits per heavy atom. The summed E-state index contributed by atoms with van der Waals surface area (Å²) in [5, 5.41) is 0. The Kier molecular flexibility index (Phi) is 7.99. The second-order valence-corrected chi connectivity index (χ2v) is 8.99. The number of fused-ring (bicyclic) bond motifs is 1. The summed E-state index contributed by atoms with van der Waals surface area (Å²) in [6.45, 7) is 6.70. The Labute approximate surface area is 201 Å². The highest BCUT2D eigenvalue weighted by molar-refractivity contribution is 5.81. The van der Waals surface area contributed by atoms with Gasteiger partial charge in [-0.3, -0.25) is 19.4 Å². The molecule has 0 aliphatic heterocycles. The van der Waals surface area contributed by atoms with Crippen LogP contribution in [0.4, 0.5) is 8.78 Å². The molecule has 0 spiro atoms.